The average Bonchev–Trinajstić information content (AvgIpc) is 2.90. The summed E-state index contributed by atoms with van der Waals surface area (Å²) in [7, 11) is 1.99. The van der Waals surface area contributed by atoms with Crippen molar-refractivity contribution in [2.24, 2.45) is 5.73 Å². The maximum atomic E-state index is 5.69. The number of hydrogen-bond donors (Lipinski definition) is 1. The van der Waals surface area contributed by atoms with Crippen molar-refractivity contribution in [3.05, 3.63) is 40.5 Å². The molecule has 0 aliphatic rings. The monoisotopic (exact) mass is 292 g/mol. The van der Waals surface area contributed by atoms with Crippen LogP contribution in [0.1, 0.15) is 17.5 Å². The molecule has 1 atom stereocenters. The number of thiocarbonyl (C=S) groups is 1. The molecule has 0 amide bonds. The van der Waals surface area contributed by atoms with E-state index in [1.165, 1.54) is 4.88 Å². The smallest absolute Gasteiger partial charge is 0.157 e. The predicted molar refractivity (Wildman–Crippen MR) is 83.8 cm³/mol. The van der Waals surface area contributed by atoms with Gasteiger partial charge >= 0.3 is 0 Å². The summed E-state index contributed by atoms with van der Waals surface area (Å²) >= 11 is 6.78. The summed E-state index contributed by atoms with van der Waals surface area (Å²) in [5.74, 6) is 0.735. The van der Waals surface area contributed by atoms with Gasteiger partial charge < -0.3 is 10.6 Å². The molecular weight excluding hydrogens is 276 g/mol. The van der Waals surface area contributed by atoms with Crippen molar-refractivity contribution in [2.45, 2.75) is 19.4 Å². The van der Waals surface area contributed by atoms with E-state index in [-0.39, 0.29) is 4.99 Å². The summed E-state index contributed by atoms with van der Waals surface area (Å²) in [5.41, 5.74) is 6.27. The fourth-order valence-corrected chi connectivity index (χ4v) is 2.80. The Morgan fingerprint density at radius 1 is 1.47 bits per heavy atom. The second-order valence-electron chi connectivity index (χ2n) is 4.34. The van der Waals surface area contributed by atoms with Crippen LogP contribution in [-0.4, -0.2) is 28.0 Å². The summed E-state index contributed by atoms with van der Waals surface area (Å²) in [6.45, 7) is 2.15. The van der Waals surface area contributed by atoms with Gasteiger partial charge in [0.25, 0.3) is 0 Å². The third-order valence-corrected chi connectivity index (χ3v) is 4.08. The van der Waals surface area contributed by atoms with E-state index in [2.05, 4.69) is 39.3 Å². The van der Waals surface area contributed by atoms with Gasteiger partial charge in [-0.3, -0.25) is 0 Å². The van der Waals surface area contributed by atoms with Gasteiger partial charge in [-0.15, -0.1) is 11.3 Å². The number of nitrogens with two attached hydrogens (primary N) is 1. The van der Waals surface area contributed by atoms with Crippen LogP contribution in [0.4, 0.5) is 5.82 Å². The van der Waals surface area contributed by atoms with E-state index in [1.54, 1.807) is 23.7 Å². The van der Waals surface area contributed by atoms with Gasteiger partial charge in [0.15, 0.2) is 5.82 Å². The highest BCUT2D eigenvalue weighted by atomic mass is 32.1. The lowest BCUT2D eigenvalue weighted by molar-refractivity contribution is 0.678. The van der Waals surface area contributed by atoms with E-state index >= 15 is 0 Å². The Morgan fingerprint density at radius 3 is 2.84 bits per heavy atom. The molecule has 0 saturated heterocycles. The van der Waals surface area contributed by atoms with Crippen LogP contribution in [0.5, 0.6) is 0 Å². The molecule has 2 N–H and O–H groups in total. The Labute approximate surface area is 122 Å². The molecule has 0 aliphatic heterocycles. The summed E-state index contributed by atoms with van der Waals surface area (Å²) in [6.07, 6.45) is 4.22. The number of likely N-dealkylation sites (N-methyl/N-ethyl adjacent to an activating group) is 1. The van der Waals surface area contributed by atoms with Crippen LogP contribution in [0.2, 0.25) is 0 Å². The summed E-state index contributed by atoms with van der Waals surface area (Å²) < 4.78 is 0. The van der Waals surface area contributed by atoms with Crippen molar-refractivity contribution in [2.75, 3.05) is 11.9 Å². The highest BCUT2D eigenvalue weighted by Gasteiger charge is 2.17. The van der Waals surface area contributed by atoms with E-state index in [4.69, 9.17) is 18.0 Å². The van der Waals surface area contributed by atoms with Crippen LogP contribution in [-0.2, 0) is 6.42 Å². The molecule has 6 heteroatoms. The molecule has 0 radical (unpaired) electrons. The third kappa shape index (κ3) is 3.27. The molecule has 0 saturated carbocycles. The van der Waals surface area contributed by atoms with Gasteiger partial charge in [0, 0.05) is 36.8 Å². The minimum atomic E-state index is 0.276. The van der Waals surface area contributed by atoms with Crippen molar-refractivity contribution < 1.29 is 0 Å². The number of thiophene rings is 1. The maximum Gasteiger partial charge on any atom is 0.157 e. The molecule has 0 aromatic carbocycles. The standard InChI is InChI=1S/C13H16N4S2/c1-9(8-10-4-3-7-19-10)17(2)13-11(12(14)18)15-5-6-16-13/h3-7,9H,8H2,1-2H3,(H2,14,18). The first kappa shape index (κ1) is 13.9. The normalized spacial score (nSPS) is 12.1. The van der Waals surface area contributed by atoms with Crippen molar-refractivity contribution in [3.63, 3.8) is 0 Å². The quantitative estimate of drug-likeness (QED) is 0.857. The van der Waals surface area contributed by atoms with E-state index < -0.39 is 0 Å². The Bertz CT molecular complexity index is 554. The highest BCUT2D eigenvalue weighted by Crippen LogP contribution is 2.19. The molecule has 2 heterocycles. The Morgan fingerprint density at radius 2 is 2.21 bits per heavy atom. The number of anilines is 1. The molecule has 100 valence electrons. The van der Waals surface area contributed by atoms with E-state index in [0.717, 1.165) is 12.2 Å². The van der Waals surface area contributed by atoms with Crippen LogP contribution in [0.3, 0.4) is 0 Å². The second-order valence-corrected chi connectivity index (χ2v) is 5.81. The SMILES string of the molecule is CC(Cc1cccs1)N(C)c1nccnc1C(N)=S. The molecule has 0 aliphatic carbocycles. The molecule has 2 rings (SSSR count). The summed E-state index contributed by atoms with van der Waals surface area (Å²) in [6, 6.07) is 4.50. The fourth-order valence-electron chi connectivity index (χ4n) is 1.83. The first-order chi connectivity index (χ1) is 9.09. The van der Waals surface area contributed by atoms with Gasteiger partial charge in [0.2, 0.25) is 0 Å². The first-order valence-electron chi connectivity index (χ1n) is 5.95. The molecule has 19 heavy (non-hydrogen) atoms. The van der Waals surface area contributed by atoms with E-state index in [9.17, 15) is 0 Å². The van der Waals surface area contributed by atoms with Gasteiger partial charge in [-0.25, -0.2) is 9.97 Å². The van der Waals surface area contributed by atoms with Gasteiger partial charge in [-0.05, 0) is 18.4 Å². The largest absolute Gasteiger partial charge is 0.388 e. The van der Waals surface area contributed by atoms with E-state index in [0.29, 0.717) is 11.7 Å². The number of rotatable bonds is 5. The molecule has 2 aromatic heterocycles. The molecule has 0 spiro atoms. The zero-order chi connectivity index (χ0) is 13.8. The van der Waals surface area contributed by atoms with Gasteiger partial charge in [-0.1, -0.05) is 18.3 Å². The average molecular weight is 292 g/mol. The summed E-state index contributed by atoms with van der Waals surface area (Å²) in [5, 5.41) is 2.09. The highest BCUT2D eigenvalue weighted by molar-refractivity contribution is 7.80. The first-order valence-corrected chi connectivity index (χ1v) is 7.24. The topological polar surface area (TPSA) is 55.0 Å². The van der Waals surface area contributed by atoms with Gasteiger partial charge in [0.1, 0.15) is 10.7 Å². The minimum absolute atomic E-state index is 0.276. The van der Waals surface area contributed by atoms with Gasteiger partial charge in [0.05, 0.1) is 0 Å². The zero-order valence-electron chi connectivity index (χ0n) is 10.9. The predicted octanol–water partition coefficient (Wildman–Crippen LogP) is 2.24. The Hall–Kier alpha value is -1.53. The maximum absolute atomic E-state index is 5.69. The Balaban J connectivity index is 2.19. The number of nitrogens with zero attached hydrogens (tertiary/aromatic N) is 3. The van der Waals surface area contributed by atoms with Crippen molar-refractivity contribution in [3.8, 4) is 0 Å². The zero-order valence-corrected chi connectivity index (χ0v) is 12.5. The lowest BCUT2D eigenvalue weighted by atomic mass is 10.2. The molecule has 2 aromatic rings. The van der Waals surface area contributed by atoms with Crippen molar-refractivity contribution in [1.82, 2.24) is 9.97 Å². The van der Waals surface area contributed by atoms with Crippen LogP contribution < -0.4 is 10.6 Å². The Kier molecular flexibility index (Phi) is 4.44. The molecular formula is C13H16N4S2. The van der Waals surface area contributed by atoms with Gasteiger partial charge in [-0.2, -0.15) is 0 Å². The third-order valence-electron chi connectivity index (χ3n) is 2.98. The fraction of sp³-hybridized carbons (Fsp3) is 0.308. The number of hydrogen-bond acceptors (Lipinski definition) is 5. The van der Waals surface area contributed by atoms with Crippen LogP contribution in [0.25, 0.3) is 0 Å². The number of aromatic nitrogens is 2. The lowest BCUT2D eigenvalue weighted by Crippen LogP contribution is -2.33. The van der Waals surface area contributed by atoms with Crippen molar-refractivity contribution in [1.29, 1.82) is 0 Å². The van der Waals surface area contributed by atoms with Crippen LogP contribution in [0, 0.1) is 0 Å². The molecule has 4 nitrogen and oxygen atoms in total. The van der Waals surface area contributed by atoms with Crippen LogP contribution >= 0.6 is 23.6 Å². The molecule has 0 bridgehead atoms. The van der Waals surface area contributed by atoms with Crippen molar-refractivity contribution >= 4 is 34.4 Å². The minimum Gasteiger partial charge on any atom is -0.388 e. The van der Waals surface area contributed by atoms with E-state index in [1.807, 2.05) is 7.05 Å². The molecule has 0 fully saturated rings. The summed E-state index contributed by atoms with van der Waals surface area (Å²) in [4.78, 5) is 12.3. The lowest BCUT2D eigenvalue weighted by Gasteiger charge is -2.26. The second kappa shape index (κ2) is 6.08. The van der Waals surface area contributed by atoms with Crippen LogP contribution in [0.15, 0.2) is 29.9 Å². The molecule has 1 unspecified atom stereocenters.